The number of methoxy groups -OCH3 is 1. The maximum Gasteiger partial charge on any atom is 0.314 e. The molecule has 0 N–H and O–H groups in total. The van der Waals surface area contributed by atoms with E-state index in [4.69, 9.17) is 10.00 Å². The van der Waals surface area contributed by atoms with Crippen molar-refractivity contribution in [3.63, 3.8) is 0 Å². The van der Waals surface area contributed by atoms with Crippen molar-refractivity contribution in [3.8, 4) is 6.07 Å². The van der Waals surface area contributed by atoms with Crippen molar-refractivity contribution in [1.82, 2.24) is 4.90 Å². The summed E-state index contributed by atoms with van der Waals surface area (Å²) in [7, 11) is 1.43. The average molecular weight is 272 g/mol. The highest BCUT2D eigenvalue weighted by atomic mass is 16.5. The number of hydrogen-bond donors (Lipinski definition) is 0. The number of carbonyl (C=O) groups excluding carboxylic acids is 1. The maximum absolute atomic E-state index is 12.1. The zero-order valence-corrected chi connectivity index (χ0v) is 11.8. The van der Waals surface area contributed by atoms with E-state index in [2.05, 4.69) is 11.0 Å². The molecule has 4 nitrogen and oxygen atoms in total. The Morgan fingerprint density at radius 1 is 1.45 bits per heavy atom. The molecule has 2 rings (SSSR count). The van der Waals surface area contributed by atoms with Crippen molar-refractivity contribution in [2.75, 3.05) is 20.2 Å². The number of nitriles is 1. The zero-order chi connectivity index (χ0) is 14.4. The first-order chi connectivity index (χ1) is 9.76. The van der Waals surface area contributed by atoms with Crippen molar-refractivity contribution in [3.05, 3.63) is 35.9 Å². The molecule has 1 atom stereocenters. The Bertz CT molecular complexity index is 477. The average Bonchev–Trinajstić information content (AvgIpc) is 3.32. The van der Waals surface area contributed by atoms with Crippen LogP contribution in [0.5, 0.6) is 0 Å². The van der Waals surface area contributed by atoms with Gasteiger partial charge in [0.2, 0.25) is 0 Å². The van der Waals surface area contributed by atoms with E-state index in [1.54, 1.807) is 0 Å². The van der Waals surface area contributed by atoms with Crippen LogP contribution in [0.4, 0.5) is 0 Å². The molecule has 0 radical (unpaired) electrons. The van der Waals surface area contributed by atoms with Crippen LogP contribution in [0.3, 0.4) is 0 Å². The summed E-state index contributed by atoms with van der Waals surface area (Å²) >= 11 is 0. The summed E-state index contributed by atoms with van der Waals surface area (Å²) in [6.07, 6.45) is 2.82. The number of nitrogens with zero attached hydrogens (tertiary/aromatic N) is 2. The third kappa shape index (κ3) is 3.82. The molecular weight excluding hydrogens is 252 g/mol. The van der Waals surface area contributed by atoms with Crippen LogP contribution >= 0.6 is 0 Å². The van der Waals surface area contributed by atoms with Crippen LogP contribution in [0.15, 0.2) is 30.3 Å². The highest BCUT2D eigenvalue weighted by molar-refractivity contribution is 5.78. The number of carbonyl (C=O) groups is 1. The molecule has 1 unspecified atom stereocenters. The van der Waals surface area contributed by atoms with Gasteiger partial charge in [0.25, 0.3) is 0 Å². The van der Waals surface area contributed by atoms with Gasteiger partial charge in [-0.3, -0.25) is 9.69 Å². The monoisotopic (exact) mass is 272 g/mol. The summed E-state index contributed by atoms with van der Waals surface area (Å²) in [6.45, 7) is 1.35. The quantitative estimate of drug-likeness (QED) is 0.715. The fourth-order valence-corrected chi connectivity index (χ4v) is 2.43. The number of ether oxygens (including phenoxy) is 1. The molecule has 0 saturated heterocycles. The van der Waals surface area contributed by atoms with Gasteiger partial charge in [0.1, 0.15) is 0 Å². The van der Waals surface area contributed by atoms with Gasteiger partial charge in [-0.05, 0) is 18.4 Å². The van der Waals surface area contributed by atoms with E-state index in [0.717, 1.165) is 24.9 Å². The normalized spacial score (nSPS) is 15.7. The molecule has 1 saturated carbocycles. The fraction of sp³-hybridized carbons (Fsp3) is 0.500. The topological polar surface area (TPSA) is 53.3 Å². The van der Waals surface area contributed by atoms with Crippen LogP contribution in [-0.2, 0) is 9.53 Å². The lowest BCUT2D eigenvalue weighted by molar-refractivity contribution is -0.143. The standard InChI is InChI=1S/C16H20N2O2/c1-20-16(19)15(13-6-3-2-4-7-13)12-18(11-5-10-17)14-8-9-14/h2-4,6-7,14-15H,5,8-9,11-12H2,1H3. The SMILES string of the molecule is COC(=O)C(CN(CCC#N)C1CC1)c1ccccc1. The number of rotatable bonds is 7. The third-order valence-electron chi connectivity index (χ3n) is 3.68. The Balaban J connectivity index is 2.10. The molecule has 1 aliphatic rings. The number of esters is 1. The predicted molar refractivity (Wildman–Crippen MR) is 76.0 cm³/mol. The zero-order valence-electron chi connectivity index (χ0n) is 11.8. The van der Waals surface area contributed by atoms with E-state index >= 15 is 0 Å². The molecule has 1 aromatic rings. The van der Waals surface area contributed by atoms with E-state index in [-0.39, 0.29) is 11.9 Å². The van der Waals surface area contributed by atoms with Crippen LogP contribution in [0.2, 0.25) is 0 Å². The highest BCUT2D eigenvalue weighted by Gasteiger charge is 2.33. The van der Waals surface area contributed by atoms with Crippen molar-refractivity contribution in [2.24, 2.45) is 0 Å². The van der Waals surface area contributed by atoms with Gasteiger partial charge in [0, 0.05) is 25.6 Å². The molecule has 4 heteroatoms. The first-order valence-corrected chi connectivity index (χ1v) is 7.00. The first-order valence-electron chi connectivity index (χ1n) is 7.00. The van der Waals surface area contributed by atoms with Gasteiger partial charge >= 0.3 is 5.97 Å². The summed E-state index contributed by atoms with van der Waals surface area (Å²) in [5.41, 5.74) is 0.974. The van der Waals surface area contributed by atoms with Gasteiger partial charge in [-0.2, -0.15) is 5.26 Å². The maximum atomic E-state index is 12.1. The van der Waals surface area contributed by atoms with Gasteiger partial charge in [-0.15, -0.1) is 0 Å². The molecule has 20 heavy (non-hydrogen) atoms. The second-order valence-electron chi connectivity index (χ2n) is 5.12. The molecule has 0 spiro atoms. The highest BCUT2D eigenvalue weighted by Crippen LogP contribution is 2.30. The minimum Gasteiger partial charge on any atom is -0.469 e. The number of benzene rings is 1. The van der Waals surface area contributed by atoms with Gasteiger partial charge in [-0.1, -0.05) is 30.3 Å². The molecule has 1 aliphatic carbocycles. The fourth-order valence-electron chi connectivity index (χ4n) is 2.43. The van der Waals surface area contributed by atoms with Crippen molar-refractivity contribution >= 4 is 5.97 Å². The lowest BCUT2D eigenvalue weighted by Crippen LogP contribution is -2.34. The summed E-state index contributed by atoms with van der Waals surface area (Å²) in [5, 5.41) is 8.76. The molecule has 0 heterocycles. The van der Waals surface area contributed by atoms with Crippen LogP contribution in [0.1, 0.15) is 30.7 Å². The van der Waals surface area contributed by atoms with E-state index in [9.17, 15) is 4.79 Å². The molecule has 0 amide bonds. The number of hydrogen-bond acceptors (Lipinski definition) is 4. The van der Waals surface area contributed by atoms with Crippen LogP contribution in [0.25, 0.3) is 0 Å². The molecule has 1 aromatic carbocycles. The molecule has 0 bridgehead atoms. The van der Waals surface area contributed by atoms with Crippen LogP contribution in [0, 0.1) is 11.3 Å². The Kier molecular flexibility index (Phi) is 5.14. The molecule has 106 valence electrons. The Labute approximate surface area is 120 Å². The lowest BCUT2D eigenvalue weighted by Gasteiger charge is -2.25. The van der Waals surface area contributed by atoms with Crippen molar-refractivity contribution < 1.29 is 9.53 Å². The van der Waals surface area contributed by atoms with E-state index < -0.39 is 0 Å². The van der Waals surface area contributed by atoms with Crippen molar-refractivity contribution in [1.29, 1.82) is 5.26 Å². The minimum atomic E-state index is -0.277. The van der Waals surface area contributed by atoms with Gasteiger partial charge in [-0.25, -0.2) is 0 Å². The summed E-state index contributed by atoms with van der Waals surface area (Å²) in [4.78, 5) is 14.3. The Hall–Kier alpha value is -1.86. The summed E-state index contributed by atoms with van der Waals surface area (Å²) in [6, 6.07) is 12.4. The smallest absolute Gasteiger partial charge is 0.314 e. The lowest BCUT2D eigenvalue weighted by atomic mass is 9.98. The van der Waals surface area contributed by atoms with Gasteiger partial charge < -0.3 is 4.74 Å². The summed E-state index contributed by atoms with van der Waals surface area (Å²) in [5.74, 6) is -0.487. The van der Waals surface area contributed by atoms with Crippen molar-refractivity contribution in [2.45, 2.75) is 31.2 Å². The van der Waals surface area contributed by atoms with E-state index in [1.165, 1.54) is 7.11 Å². The van der Waals surface area contributed by atoms with Crippen LogP contribution in [-0.4, -0.2) is 37.1 Å². The van der Waals surface area contributed by atoms with Gasteiger partial charge in [0.15, 0.2) is 0 Å². The molecular formula is C16H20N2O2. The second kappa shape index (κ2) is 7.06. The predicted octanol–water partition coefficient (Wildman–Crippen LogP) is 2.32. The molecule has 1 fully saturated rings. The summed E-state index contributed by atoms with van der Waals surface area (Å²) < 4.78 is 4.94. The van der Waals surface area contributed by atoms with Gasteiger partial charge in [0.05, 0.1) is 19.1 Å². The Morgan fingerprint density at radius 3 is 2.70 bits per heavy atom. The Morgan fingerprint density at radius 2 is 2.15 bits per heavy atom. The van der Waals surface area contributed by atoms with Crippen LogP contribution < -0.4 is 0 Å². The minimum absolute atomic E-state index is 0.209. The largest absolute Gasteiger partial charge is 0.469 e. The second-order valence-corrected chi connectivity index (χ2v) is 5.12. The van der Waals surface area contributed by atoms with E-state index in [0.29, 0.717) is 19.0 Å². The third-order valence-corrected chi connectivity index (χ3v) is 3.68. The first kappa shape index (κ1) is 14.5. The molecule has 0 aliphatic heterocycles. The molecule has 0 aromatic heterocycles. The van der Waals surface area contributed by atoms with E-state index in [1.807, 2.05) is 30.3 Å².